The second-order valence-corrected chi connectivity index (χ2v) is 7.51. The highest BCUT2D eigenvalue weighted by molar-refractivity contribution is 7.15. The Morgan fingerprint density at radius 1 is 1.22 bits per heavy atom. The third kappa shape index (κ3) is 4.27. The molecule has 0 fully saturated rings. The molecule has 0 aliphatic carbocycles. The van der Waals surface area contributed by atoms with Crippen LogP contribution in [0.3, 0.4) is 0 Å². The first-order chi connectivity index (χ1) is 12.9. The van der Waals surface area contributed by atoms with Crippen molar-refractivity contribution < 1.29 is 9.72 Å². The van der Waals surface area contributed by atoms with Crippen LogP contribution in [-0.2, 0) is 6.54 Å². The van der Waals surface area contributed by atoms with Crippen molar-refractivity contribution in [2.75, 3.05) is 0 Å². The van der Waals surface area contributed by atoms with E-state index in [0.717, 1.165) is 27.2 Å². The van der Waals surface area contributed by atoms with Crippen molar-refractivity contribution in [1.82, 2.24) is 10.3 Å². The molecule has 1 heterocycles. The number of halogens is 2. The number of aromatic nitrogens is 1. The smallest absolute Gasteiger partial charge is 0.270 e. The van der Waals surface area contributed by atoms with Crippen LogP contribution in [0.4, 0.5) is 5.69 Å². The Morgan fingerprint density at radius 2 is 1.96 bits per heavy atom. The van der Waals surface area contributed by atoms with Gasteiger partial charge in [0.15, 0.2) is 0 Å². The molecule has 6 nitrogen and oxygen atoms in total. The quantitative estimate of drug-likeness (QED) is 0.449. The Balaban J connectivity index is 1.78. The summed E-state index contributed by atoms with van der Waals surface area (Å²) in [5.74, 6) is -0.490. The summed E-state index contributed by atoms with van der Waals surface area (Å²) in [4.78, 5) is 28.1. The highest BCUT2D eigenvalue weighted by Gasteiger charge is 2.17. The SMILES string of the molecule is Cc1nc(-c2ccccc2Cl)sc1CNC(=O)c1cc([N+](=O)[O-])ccc1Cl. The molecule has 0 atom stereocenters. The lowest BCUT2D eigenvalue weighted by Crippen LogP contribution is -2.23. The van der Waals surface area contributed by atoms with E-state index in [1.807, 2.05) is 25.1 Å². The number of carbonyl (C=O) groups excluding carboxylic acids is 1. The third-order valence-electron chi connectivity index (χ3n) is 3.81. The molecule has 0 aliphatic rings. The summed E-state index contributed by atoms with van der Waals surface area (Å²) >= 11 is 13.6. The third-order valence-corrected chi connectivity index (χ3v) is 5.66. The van der Waals surface area contributed by atoms with Gasteiger partial charge in [-0.25, -0.2) is 4.98 Å². The van der Waals surface area contributed by atoms with Gasteiger partial charge < -0.3 is 5.32 Å². The average molecular weight is 422 g/mol. The zero-order valence-electron chi connectivity index (χ0n) is 14.0. The second kappa shape index (κ2) is 8.04. The number of hydrogen-bond acceptors (Lipinski definition) is 5. The molecule has 0 saturated heterocycles. The summed E-state index contributed by atoms with van der Waals surface area (Å²) in [6, 6.07) is 11.1. The fraction of sp³-hybridized carbons (Fsp3) is 0.111. The van der Waals surface area contributed by atoms with Gasteiger partial charge in [-0.05, 0) is 19.1 Å². The molecule has 0 radical (unpaired) electrons. The van der Waals surface area contributed by atoms with E-state index in [-0.39, 0.29) is 22.8 Å². The Bertz CT molecular complexity index is 1040. The number of non-ortho nitro benzene ring substituents is 1. The van der Waals surface area contributed by atoms with Crippen molar-refractivity contribution in [3.05, 3.63) is 78.8 Å². The topological polar surface area (TPSA) is 85.1 Å². The molecule has 1 N–H and O–H groups in total. The zero-order valence-corrected chi connectivity index (χ0v) is 16.4. The number of nitro groups is 1. The van der Waals surface area contributed by atoms with Crippen LogP contribution in [0.1, 0.15) is 20.9 Å². The fourth-order valence-electron chi connectivity index (χ4n) is 2.40. The maximum absolute atomic E-state index is 12.4. The van der Waals surface area contributed by atoms with E-state index in [1.54, 1.807) is 6.07 Å². The minimum atomic E-state index is -0.573. The first kappa shape index (κ1) is 19.3. The van der Waals surface area contributed by atoms with Crippen LogP contribution in [0.2, 0.25) is 10.0 Å². The second-order valence-electron chi connectivity index (χ2n) is 5.61. The van der Waals surface area contributed by atoms with Gasteiger partial charge in [-0.1, -0.05) is 41.4 Å². The molecule has 0 bridgehead atoms. The Hall–Kier alpha value is -2.48. The molecule has 1 aromatic heterocycles. The Labute approximate surface area is 168 Å². The summed E-state index contributed by atoms with van der Waals surface area (Å²) in [6.45, 7) is 2.07. The van der Waals surface area contributed by atoms with E-state index in [2.05, 4.69) is 10.3 Å². The van der Waals surface area contributed by atoms with Crippen molar-refractivity contribution in [3.63, 3.8) is 0 Å². The molecule has 0 spiro atoms. The van der Waals surface area contributed by atoms with Crippen LogP contribution in [0.5, 0.6) is 0 Å². The molecule has 3 rings (SSSR count). The van der Waals surface area contributed by atoms with Gasteiger partial charge in [0.1, 0.15) is 5.01 Å². The minimum absolute atomic E-state index is 0.0550. The van der Waals surface area contributed by atoms with Gasteiger partial charge in [-0.3, -0.25) is 14.9 Å². The highest BCUT2D eigenvalue weighted by atomic mass is 35.5. The summed E-state index contributed by atoms with van der Waals surface area (Å²) in [6.07, 6.45) is 0. The molecule has 138 valence electrons. The lowest BCUT2D eigenvalue weighted by atomic mass is 10.2. The van der Waals surface area contributed by atoms with E-state index in [1.165, 1.54) is 23.5 Å². The fourth-order valence-corrected chi connectivity index (χ4v) is 3.92. The van der Waals surface area contributed by atoms with E-state index in [9.17, 15) is 14.9 Å². The number of aryl methyl sites for hydroxylation is 1. The first-order valence-corrected chi connectivity index (χ1v) is 9.37. The average Bonchev–Trinajstić information content (AvgIpc) is 3.00. The lowest BCUT2D eigenvalue weighted by molar-refractivity contribution is -0.384. The number of carbonyl (C=O) groups is 1. The molecule has 0 unspecified atom stereocenters. The van der Waals surface area contributed by atoms with Crippen LogP contribution in [0.15, 0.2) is 42.5 Å². The van der Waals surface area contributed by atoms with Gasteiger partial charge in [0.25, 0.3) is 11.6 Å². The van der Waals surface area contributed by atoms with Crippen molar-refractivity contribution in [3.8, 4) is 10.6 Å². The van der Waals surface area contributed by atoms with Crippen LogP contribution < -0.4 is 5.32 Å². The van der Waals surface area contributed by atoms with Gasteiger partial charge in [0.2, 0.25) is 0 Å². The molecule has 3 aromatic rings. The summed E-state index contributed by atoms with van der Waals surface area (Å²) in [5.41, 5.74) is 1.46. The monoisotopic (exact) mass is 421 g/mol. The number of benzene rings is 2. The number of nitro benzene ring substituents is 1. The van der Waals surface area contributed by atoms with E-state index >= 15 is 0 Å². The molecule has 27 heavy (non-hydrogen) atoms. The predicted molar refractivity (Wildman–Crippen MR) is 107 cm³/mol. The van der Waals surface area contributed by atoms with Crippen molar-refractivity contribution >= 4 is 46.1 Å². The molecular formula is C18H13Cl2N3O3S. The van der Waals surface area contributed by atoms with E-state index in [0.29, 0.717) is 5.02 Å². The molecule has 9 heteroatoms. The Morgan fingerprint density at radius 3 is 2.67 bits per heavy atom. The maximum atomic E-state index is 12.4. The molecule has 1 amide bonds. The molecule has 2 aromatic carbocycles. The Kier molecular flexibility index (Phi) is 5.74. The van der Waals surface area contributed by atoms with Crippen LogP contribution in [-0.4, -0.2) is 15.8 Å². The van der Waals surface area contributed by atoms with Crippen molar-refractivity contribution in [1.29, 1.82) is 0 Å². The maximum Gasteiger partial charge on any atom is 0.270 e. The highest BCUT2D eigenvalue weighted by Crippen LogP contribution is 2.32. The summed E-state index contributed by atoms with van der Waals surface area (Å²) in [7, 11) is 0. The van der Waals surface area contributed by atoms with Gasteiger partial charge in [0, 0.05) is 22.6 Å². The first-order valence-electron chi connectivity index (χ1n) is 7.80. The number of hydrogen-bond donors (Lipinski definition) is 1. The summed E-state index contributed by atoms with van der Waals surface area (Å²) < 4.78 is 0. The van der Waals surface area contributed by atoms with Crippen molar-refractivity contribution in [2.24, 2.45) is 0 Å². The van der Waals surface area contributed by atoms with Gasteiger partial charge >= 0.3 is 0 Å². The van der Waals surface area contributed by atoms with Crippen LogP contribution >= 0.6 is 34.5 Å². The molecule has 0 aliphatic heterocycles. The predicted octanol–water partition coefficient (Wildman–Crippen LogP) is 5.26. The van der Waals surface area contributed by atoms with Gasteiger partial charge in [-0.2, -0.15) is 0 Å². The molecular weight excluding hydrogens is 409 g/mol. The van der Waals surface area contributed by atoms with Gasteiger partial charge in [-0.15, -0.1) is 11.3 Å². The van der Waals surface area contributed by atoms with E-state index < -0.39 is 10.8 Å². The standard InChI is InChI=1S/C18H13Cl2N3O3S/c1-10-16(27-18(22-10)12-4-2-3-5-14(12)19)9-21-17(24)13-8-11(23(25)26)6-7-15(13)20/h2-8H,9H2,1H3,(H,21,24). The lowest BCUT2D eigenvalue weighted by Gasteiger charge is -2.06. The normalized spacial score (nSPS) is 10.6. The number of nitrogens with one attached hydrogen (secondary N) is 1. The number of rotatable bonds is 5. The number of nitrogens with zero attached hydrogens (tertiary/aromatic N) is 2. The van der Waals surface area contributed by atoms with Gasteiger partial charge in [0.05, 0.1) is 32.8 Å². The number of amides is 1. The molecule has 0 saturated carbocycles. The van der Waals surface area contributed by atoms with Crippen LogP contribution in [0.25, 0.3) is 10.6 Å². The largest absolute Gasteiger partial charge is 0.347 e. The van der Waals surface area contributed by atoms with E-state index in [4.69, 9.17) is 23.2 Å². The minimum Gasteiger partial charge on any atom is -0.347 e. The zero-order chi connectivity index (χ0) is 19.6. The van der Waals surface area contributed by atoms with Crippen molar-refractivity contribution in [2.45, 2.75) is 13.5 Å². The number of thiazole rings is 1. The van der Waals surface area contributed by atoms with Crippen LogP contribution in [0, 0.1) is 17.0 Å². The summed E-state index contributed by atoms with van der Waals surface area (Å²) in [5, 5.41) is 15.1.